The van der Waals surface area contributed by atoms with E-state index in [1.54, 1.807) is 0 Å². The molecule has 2 aliphatic carbocycles. The second-order valence-corrected chi connectivity index (χ2v) is 6.50. The summed E-state index contributed by atoms with van der Waals surface area (Å²) < 4.78 is 66.9. The molecule has 2 saturated carbocycles. The number of aliphatic imine (C=N–C) groups is 1. The summed E-state index contributed by atoms with van der Waals surface area (Å²) in [4.78, 5) is 21.0. The fraction of sp³-hybridized carbons (Fsp3) is 0.875. The van der Waals surface area contributed by atoms with Gasteiger partial charge >= 0.3 is 18.6 Å². The zero-order valence-corrected chi connectivity index (χ0v) is 15.3. The average molecular weight is 420 g/mol. The van der Waals surface area contributed by atoms with E-state index in [1.807, 2.05) is 0 Å². The third kappa shape index (κ3) is 17.6. The van der Waals surface area contributed by atoms with Gasteiger partial charge in [0.25, 0.3) is 0 Å². The number of nitrogens with one attached hydrogen (secondary N) is 2. The Labute approximate surface area is 159 Å². The molecule has 0 aromatic carbocycles. The molecular formula is C16H26F6N4O2. The van der Waals surface area contributed by atoms with Crippen LogP contribution in [0.1, 0.15) is 64.2 Å². The van der Waals surface area contributed by atoms with Gasteiger partial charge in [-0.1, -0.05) is 38.5 Å². The van der Waals surface area contributed by atoms with Crippen molar-refractivity contribution in [2.45, 2.75) is 88.9 Å². The number of alkyl halides is 6. The van der Waals surface area contributed by atoms with Crippen LogP contribution in [0.15, 0.2) is 4.99 Å². The third-order valence-corrected chi connectivity index (χ3v) is 4.02. The molecule has 0 heterocycles. The molecule has 0 aliphatic heterocycles. The van der Waals surface area contributed by atoms with Crippen LogP contribution in [0.25, 0.3) is 0 Å². The molecule has 0 aromatic rings. The summed E-state index contributed by atoms with van der Waals surface area (Å²) in [5, 5.41) is 3.22. The first-order valence-electron chi connectivity index (χ1n) is 8.99. The van der Waals surface area contributed by atoms with E-state index in [-0.39, 0.29) is 6.04 Å². The lowest BCUT2D eigenvalue weighted by atomic mass is 9.96. The number of amides is 2. The fourth-order valence-corrected chi connectivity index (χ4v) is 2.78. The van der Waals surface area contributed by atoms with Gasteiger partial charge in [-0.15, -0.1) is 18.2 Å². The molecule has 2 fully saturated rings. The number of nitrogens with zero attached hydrogens (tertiary/aromatic N) is 1. The zero-order chi connectivity index (χ0) is 21.6. The lowest BCUT2D eigenvalue weighted by molar-refractivity contribution is -0.145. The fourth-order valence-electron chi connectivity index (χ4n) is 2.78. The first kappa shape index (κ1) is 26.2. The van der Waals surface area contributed by atoms with Gasteiger partial charge < -0.3 is 11.1 Å². The van der Waals surface area contributed by atoms with E-state index in [1.165, 1.54) is 37.1 Å². The Morgan fingerprint density at radius 3 is 1.64 bits per heavy atom. The van der Waals surface area contributed by atoms with Crippen molar-refractivity contribution >= 4 is 12.1 Å². The first-order chi connectivity index (χ1) is 12.9. The normalized spacial score (nSPS) is 18.4. The van der Waals surface area contributed by atoms with Crippen molar-refractivity contribution in [2.24, 2.45) is 10.7 Å². The second kappa shape index (κ2) is 13.4. The van der Waals surface area contributed by atoms with Gasteiger partial charge in [-0.2, -0.15) is 13.2 Å². The van der Waals surface area contributed by atoms with Gasteiger partial charge in [0.05, 0.1) is 0 Å². The lowest BCUT2D eigenvalue weighted by Crippen LogP contribution is -2.48. The van der Waals surface area contributed by atoms with Crippen LogP contribution < -0.4 is 16.4 Å². The second-order valence-electron chi connectivity index (χ2n) is 6.50. The van der Waals surface area contributed by atoms with E-state index < -0.39 is 18.6 Å². The van der Waals surface area contributed by atoms with Crippen LogP contribution in [0.4, 0.5) is 31.1 Å². The molecule has 0 atom stereocenters. The highest BCUT2D eigenvalue weighted by Crippen LogP contribution is 2.18. The summed E-state index contributed by atoms with van der Waals surface area (Å²) in [6, 6.07) is -0.718. The number of hydrogen-bond donors (Lipinski definition) is 3. The minimum atomic E-state index is -4.75. The Balaban J connectivity index is 0.000000437. The van der Waals surface area contributed by atoms with Crippen LogP contribution in [0.5, 0.6) is 0 Å². The Bertz CT molecular complexity index is 481. The number of isocyanates is 1. The number of urea groups is 1. The molecule has 2 aliphatic rings. The molecule has 6 nitrogen and oxygen atoms in total. The quantitative estimate of drug-likeness (QED) is 0.256. The first-order valence-corrected chi connectivity index (χ1v) is 8.99. The number of rotatable bonds is 1. The summed E-state index contributed by atoms with van der Waals surface area (Å²) in [5.74, 6) is 0. The molecule has 4 N–H and O–H groups in total. The number of hydrogen-bond acceptors (Lipinski definition) is 4. The average Bonchev–Trinajstić information content (AvgIpc) is 2.54. The third-order valence-electron chi connectivity index (χ3n) is 4.02. The number of halogens is 6. The van der Waals surface area contributed by atoms with Gasteiger partial charge in [0, 0.05) is 12.1 Å². The minimum Gasteiger partial charge on any atom is -0.335 e. The summed E-state index contributed by atoms with van der Waals surface area (Å²) >= 11 is 0. The molecule has 12 heteroatoms. The van der Waals surface area contributed by atoms with Crippen LogP contribution in [-0.2, 0) is 4.79 Å². The SMILES string of the molecule is NC1CCCCC1.O=C(NC1CCCCC1)NC(F)(F)F.O=C=NC(F)(F)F. The van der Waals surface area contributed by atoms with E-state index in [4.69, 9.17) is 10.5 Å². The number of carbonyl (C=O) groups is 1. The highest BCUT2D eigenvalue weighted by atomic mass is 19.4. The van der Waals surface area contributed by atoms with E-state index in [0.717, 1.165) is 37.4 Å². The molecule has 164 valence electrons. The van der Waals surface area contributed by atoms with Gasteiger partial charge in [-0.05, 0) is 25.7 Å². The van der Waals surface area contributed by atoms with Crippen LogP contribution >= 0.6 is 0 Å². The number of nitrogens with two attached hydrogens (primary N) is 1. The minimum absolute atomic E-state index is 0.105. The largest absolute Gasteiger partial charge is 0.513 e. The summed E-state index contributed by atoms with van der Waals surface area (Å²) in [7, 11) is 0. The molecule has 0 radical (unpaired) electrons. The summed E-state index contributed by atoms with van der Waals surface area (Å²) in [6.07, 6.45) is 2.20. The van der Waals surface area contributed by atoms with E-state index in [0.29, 0.717) is 12.1 Å². The summed E-state index contributed by atoms with van der Waals surface area (Å²) in [5.41, 5.74) is 5.63. The highest BCUT2D eigenvalue weighted by molar-refractivity contribution is 5.74. The van der Waals surface area contributed by atoms with Crippen molar-refractivity contribution < 1.29 is 35.9 Å². The zero-order valence-electron chi connectivity index (χ0n) is 15.3. The van der Waals surface area contributed by atoms with E-state index in [2.05, 4.69) is 5.32 Å². The molecule has 28 heavy (non-hydrogen) atoms. The van der Waals surface area contributed by atoms with Gasteiger partial charge in [-0.3, -0.25) is 0 Å². The van der Waals surface area contributed by atoms with Gasteiger partial charge in [0.1, 0.15) is 0 Å². The van der Waals surface area contributed by atoms with Crippen molar-refractivity contribution in [3.63, 3.8) is 0 Å². The maximum absolute atomic E-state index is 11.7. The highest BCUT2D eigenvalue weighted by Gasteiger charge is 2.30. The van der Waals surface area contributed by atoms with Crippen LogP contribution in [0.2, 0.25) is 0 Å². The van der Waals surface area contributed by atoms with Gasteiger partial charge in [-0.25, -0.2) is 14.9 Å². The predicted molar refractivity (Wildman–Crippen MR) is 89.8 cm³/mol. The van der Waals surface area contributed by atoms with Gasteiger partial charge in [0.2, 0.25) is 6.08 Å². The van der Waals surface area contributed by atoms with Crippen LogP contribution in [0, 0.1) is 0 Å². The maximum atomic E-state index is 11.7. The molecule has 2 rings (SSSR count). The smallest absolute Gasteiger partial charge is 0.335 e. The molecule has 0 aromatic heterocycles. The lowest BCUT2D eigenvalue weighted by Gasteiger charge is -2.23. The van der Waals surface area contributed by atoms with E-state index >= 15 is 0 Å². The van der Waals surface area contributed by atoms with Gasteiger partial charge in [0.15, 0.2) is 0 Å². The van der Waals surface area contributed by atoms with Crippen molar-refractivity contribution in [3.8, 4) is 0 Å². The molecule has 0 saturated heterocycles. The van der Waals surface area contributed by atoms with Crippen LogP contribution in [-0.4, -0.2) is 36.8 Å². The number of carbonyl (C=O) groups excluding carboxylic acids is 2. The predicted octanol–water partition coefficient (Wildman–Crippen LogP) is 4.26. The maximum Gasteiger partial charge on any atom is 0.513 e. The van der Waals surface area contributed by atoms with Crippen molar-refractivity contribution in [3.05, 3.63) is 0 Å². The Hall–Kier alpha value is -1.81. The molecule has 0 spiro atoms. The topological polar surface area (TPSA) is 96.6 Å². The van der Waals surface area contributed by atoms with Crippen LogP contribution in [0.3, 0.4) is 0 Å². The molecule has 2 amide bonds. The molecular weight excluding hydrogens is 394 g/mol. The van der Waals surface area contributed by atoms with Crippen molar-refractivity contribution in [2.75, 3.05) is 0 Å². The monoisotopic (exact) mass is 420 g/mol. The Kier molecular flexibility index (Phi) is 12.5. The molecule has 0 bridgehead atoms. The standard InChI is InChI=1S/C8H13F3N2O.C6H13N.C2F3NO/c9-8(10,11)13-7(14)12-6-4-2-1-3-5-6;7-6-4-2-1-3-5-6;3-2(4,5)6-1-7/h6H,1-5H2,(H2,12,13,14);6H,1-5,7H2;. The summed E-state index contributed by atoms with van der Waals surface area (Å²) in [6.45, 7) is 0. The van der Waals surface area contributed by atoms with E-state index in [9.17, 15) is 31.1 Å². The Morgan fingerprint density at radius 1 is 0.893 bits per heavy atom. The Morgan fingerprint density at radius 2 is 1.36 bits per heavy atom. The molecule has 0 unspecified atom stereocenters. The van der Waals surface area contributed by atoms with Crippen molar-refractivity contribution in [1.29, 1.82) is 0 Å². The van der Waals surface area contributed by atoms with Crippen molar-refractivity contribution in [1.82, 2.24) is 10.6 Å².